The second-order valence-electron chi connectivity index (χ2n) is 7.65. The number of rotatable bonds is 25. The minimum atomic E-state index is -0.284. The average molecular weight is 522 g/mol. The van der Waals surface area contributed by atoms with E-state index in [2.05, 4.69) is 26.9 Å². The Bertz CT molecular complexity index is 478. The standard InChI is InChI=1S/C22H43BN2O9S/c23-21-33-20-19-32-18-17-31-16-15-30-14-13-29-12-11-28-10-9-27-8-7-25-5-3-24(4-6-25)2-1-22(26)34-35/h35H,1-21H2. The van der Waals surface area contributed by atoms with E-state index in [1.54, 1.807) is 0 Å². The molecule has 0 N–H and O–H groups in total. The van der Waals surface area contributed by atoms with Crippen molar-refractivity contribution >= 4 is 26.7 Å². The lowest BCUT2D eigenvalue weighted by Gasteiger charge is -2.34. The van der Waals surface area contributed by atoms with Crippen molar-refractivity contribution in [2.24, 2.45) is 0 Å². The van der Waals surface area contributed by atoms with Crippen LogP contribution in [0.2, 0.25) is 0 Å². The van der Waals surface area contributed by atoms with Gasteiger partial charge < -0.3 is 42.2 Å². The lowest BCUT2D eigenvalue weighted by molar-refractivity contribution is -0.133. The lowest BCUT2D eigenvalue weighted by atomic mass is 10.2. The number of thiol groups is 1. The molecule has 1 aliphatic heterocycles. The third-order valence-electron chi connectivity index (χ3n) is 5.10. The summed E-state index contributed by atoms with van der Waals surface area (Å²) in [6, 6.07) is 0. The summed E-state index contributed by atoms with van der Waals surface area (Å²) in [7, 11) is 5.20. The summed E-state index contributed by atoms with van der Waals surface area (Å²) in [5.74, 6) is -0.284. The topological polar surface area (TPSA) is 97.4 Å². The van der Waals surface area contributed by atoms with E-state index < -0.39 is 0 Å². The molecule has 1 rings (SSSR count). The molecule has 1 heterocycles. The number of carbonyl (C=O) groups excluding carboxylic acids is 1. The van der Waals surface area contributed by atoms with Crippen LogP contribution in [-0.2, 0) is 42.1 Å². The van der Waals surface area contributed by atoms with Crippen molar-refractivity contribution in [2.45, 2.75) is 6.42 Å². The Hall–Kier alpha value is -0.475. The highest BCUT2D eigenvalue weighted by atomic mass is 32.1. The van der Waals surface area contributed by atoms with Crippen LogP contribution in [0.1, 0.15) is 6.42 Å². The van der Waals surface area contributed by atoms with Crippen LogP contribution in [-0.4, -0.2) is 155 Å². The van der Waals surface area contributed by atoms with Gasteiger partial charge in [0.1, 0.15) is 7.85 Å². The first-order valence-electron chi connectivity index (χ1n) is 12.3. The van der Waals surface area contributed by atoms with E-state index in [1.165, 1.54) is 0 Å². The first-order valence-corrected chi connectivity index (χ1v) is 12.7. The largest absolute Gasteiger partial charge is 0.395 e. The molecule has 0 aliphatic carbocycles. The third kappa shape index (κ3) is 21.3. The van der Waals surface area contributed by atoms with Gasteiger partial charge in [-0.15, -0.1) is 0 Å². The Morgan fingerprint density at radius 1 is 0.571 bits per heavy atom. The Labute approximate surface area is 217 Å². The van der Waals surface area contributed by atoms with E-state index in [-0.39, 0.29) is 12.5 Å². The molecular formula is C22H43BN2O9S. The summed E-state index contributed by atoms with van der Waals surface area (Å²) in [5.41, 5.74) is 0. The third-order valence-corrected chi connectivity index (χ3v) is 5.30. The predicted octanol–water partition coefficient (Wildman–Crippen LogP) is -0.376. The molecule has 13 heteroatoms. The predicted molar refractivity (Wildman–Crippen MR) is 134 cm³/mol. The summed E-state index contributed by atoms with van der Waals surface area (Å²) in [5, 5.41) is 0. The van der Waals surface area contributed by atoms with Gasteiger partial charge in [-0.05, 0) is 0 Å². The zero-order chi connectivity index (χ0) is 25.2. The highest BCUT2D eigenvalue weighted by Crippen LogP contribution is 2.03. The van der Waals surface area contributed by atoms with Gasteiger partial charge in [0, 0.05) is 58.7 Å². The molecule has 1 aliphatic rings. The lowest BCUT2D eigenvalue weighted by Crippen LogP contribution is -2.47. The molecule has 35 heavy (non-hydrogen) atoms. The fraction of sp³-hybridized carbons (Fsp3) is 0.955. The maximum Gasteiger partial charge on any atom is 0.318 e. The first-order chi connectivity index (χ1) is 17.3. The first kappa shape index (κ1) is 32.6. The fourth-order valence-corrected chi connectivity index (χ4v) is 3.22. The molecule has 0 atom stereocenters. The van der Waals surface area contributed by atoms with Crippen LogP contribution in [0.15, 0.2) is 0 Å². The van der Waals surface area contributed by atoms with Gasteiger partial charge in [0.2, 0.25) is 0 Å². The summed E-state index contributed by atoms with van der Waals surface area (Å²) < 4.78 is 42.1. The summed E-state index contributed by atoms with van der Waals surface area (Å²) >= 11 is 3.52. The SMILES string of the molecule is [B]COCCOCCOCCOCCOCCOCCOCCN1CCN(CCC(=O)OS)CC1. The zero-order valence-corrected chi connectivity index (χ0v) is 21.8. The smallest absolute Gasteiger partial charge is 0.318 e. The molecule has 1 fully saturated rings. The van der Waals surface area contributed by atoms with Gasteiger partial charge >= 0.3 is 5.97 Å². The molecule has 0 amide bonds. The Morgan fingerprint density at radius 3 is 1.29 bits per heavy atom. The van der Waals surface area contributed by atoms with Gasteiger partial charge in [-0.1, -0.05) is 0 Å². The van der Waals surface area contributed by atoms with Crippen molar-refractivity contribution < 1.29 is 42.1 Å². The van der Waals surface area contributed by atoms with Crippen LogP contribution in [0, 0.1) is 0 Å². The van der Waals surface area contributed by atoms with Crippen LogP contribution >= 0.6 is 12.9 Å². The van der Waals surface area contributed by atoms with Crippen LogP contribution in [0.5, 0.6) is 0 Å². The molecule has 0 aromatic carbocycles. The second-order valence-corrected chi connectivity index (χ2v) is 7.83. The molecule has 0 saturated carbocycles. The van der Waals surface area contributed by atoms with Gasteiger partial charge in [-0.2, -0.15) is 0 Å². The van der Waals surface area contributed by atoms with Crippen LogP contribution in [0.25, 0.3) is 0 Å². The molecule has 0 spiro atoms. The zero-order valence-electron chi connectivity index (χ0n) is 20.9. The number of hydrogen-bond donors (Lipinski definition) is 1. The van der Waals surface area contributed by atoms with Crippen LogP contribution in [0.3, 0.4) is 0 Å². The van der Waals surface area contributed by atoms with Gasteiger partial charge in [0.15, 0.2) is 0 Å². The number of carbonyl (C=O) groups is 1. The van der Waals surface area contributed by atoms with Crippen LogP contribution < -0.4 is 0 Å². The fourth-order valence-electron chi connectivity index (χ4n) is 3.13. The highest BCUT2D eigenvalue weighted by molar-refractivity contribution is 7.75. The Morgan fingerprint density at radius 2 is 0.914 bits per heavy atom. The Kier molecular flexibility index (Phi) is 23.4. The average Bonchev–Trinajstić information content (AvgIpc) is 2.88. The molecule has 0 unspecified atom stereocenters. The number of hydrogen-bond acceptors (Lipinski definition) is 12. The maximum atomic E-state index is 11.1. The van der Waals surface area contributed by atoms with E-state index in [0.29, 0.717) is 92.3 Å². The Balaban J connectivity index is 1.71. The van der Waals surface area contributed by atoms with Crippen molar-refractivity contribution in [1.82, 2.24) is 9.80 Å². The highest BCUT2D eigenvalue weighted by Gasteiger charge is 2.17. The van der Waals surface area contributed by atoms with Gasteiger partial charge in [0.25, 0.3) is 0 Å². The number of ether oxygens (including phenoxy) is 7. The monoisotopic (exact) mass is 522 g/mol. The minimum Gasteiger partial charge on any atom is -0.395 e. The number of nitrogens with zero attached hydrogens (tertiary/aromatic N) is 2. The van der Waals surface area contributed by atoms with Crippen LogP contribution in [0.4, 0.5) is 0 Å². The van der Waals surface area contributed by atoms with E-state index in [9.17, 15) is 4.79 Å². The number of piperazine rings is 1. The van der Waals surface area contributed by atoms with Crippen molar-refractivity contribution in [3.05, 3.63) is 0 Å². The van der Waals surface area contributed by atoms with Gasteiger partial charge in [-0.25, -0.2) is 0 Å². The van der Waals surface area contributed by atoms with Crippen molar-refractivity contribution in [3.8, 4) is 0 Å². The quantitative estimate of drug-likeness (QED) is 0.0736. The molecule has 0 aromatic heterocycles. The van der Waals surface area contributed by atoms with E-state index in [4.69, 9.17) is 41.0 Å². The molecule has 0 bridgehead atoms. The van der Waals surface area contributed by atoms with E-state index in [0.717, 1.165) is 39.3 Å². The molecule has 0 aromatic rings. The molecular weight excluding hydrogens is 479 g/mol. The second kappa shape index (κ2) is 25.2. The molecule has 11 nitrogen and oxygen atoms in total. The maximum absolute atomic E-state index is 11.1. The normalized spacial score (nSPS) is 15.0. The van der Waals surface area contributed by atoms with Gasteiger partial charge in [-0.3, -0.25) is 9.69 Å². The van der Waals surface area contributed by atoms with Gasteiger partial charge in [0.05, 0.1) is 92.3 Å². The molecule has 2 radical (unpaired) electrons. The summed E-state index contributed by atoms with van der Waals surface area (Å²) in [6.07, 6.45) is 0.381. The minimum absolute atomic E-state index is 0.213. The van der Waals surface area contributed by atoms with Crippen molar-refractivity contribution in [2.75, 3.05) is 132 Å². The van der Waals surface area contributed by atoms with E-state index >= 15 is 0 Å². The molecule has 204 valence electrons. The van der Waals surface area contributed by atoms with Crippen molar-refractivity contribution in [1.29, 1.82) is 0 Å². The van der Waals surface area contributed by atoms with E-state index in [1.807, 2.05) is 0 Å². The molecule has 1 saturated heterocycles. The summed E-state index contributed by atoms with van der Waals surface area (Å²) in [6.45, 7) is 12.7. The van der Waals surface area contributed by atoms with Crippen molar-refractivity contribution in [3.63, 3.8) is 0 Å². The summed E-state index contributed by atoms with van der Waals surface area (Å²) in [4.78, 5) is 15.8.